The van der Waals surface area contributed by atoms with Crippen LogP contribution in [0.15, 0.2) is 30.3 Å². The number of aliphatic carboxylic acids is 1. The minimum absolute atomic E-state index is 0.320. The minimum Gasteiger partial charge on any atom is -0.478 e. The fourth-order valence-electron chi connectivity index (χ4n) is 1.73. The molecule has 0 saturated carbocycles. The molecule has 0 atom stereocenters. The Labute approximate surface area is 109 Å². The highest BCUT2D eigenvalue weighted by Crippen LogP contribution is 2.18. The van der Waals surface area contributed by atoms with Crippen LogP contribution in [-0.4, -0.2) is 28.6 Å². The number of rotatable bonds is 4. The van der Waals surface area contributed by atoms with Gasteiger partial charge in [0, 0.05) is 17.0 Å². The Hall–Kier alpha value is -2.56. The van der Waals surface area contributed by atoms with E-state index < -0.39 is 11.9 Å². The molecule has 0 amide bonds. The Bertz CT molecular complexity index is 655. The SMILES string of the molecule is CCOC(=O)c1cc2ccc(C=CC(=O)O)cc2[nH]1. The first-order valence-corrected chi connectivity index (χ1v) is 5.81. The second kappa shape index (κ2) is 5.39. The second-order valence-electron chi connectivity index (χ2n) is 3.92. The van der Waals surface area contributed by atoms with Crippen LogP contribution >= 0.6 is 0 Å². The molecule has 1 aromatic heterocycles. The number of nitrogens with one attached hydrogen (secondary N) is 1. The van der Waals surface area contributed by atoms with Gasteiger partial charge in [-0.25, -0.2) is 9.59 Å². The maximum Gasteiger partial charge on any atom is 0.354 e. The van der Waals surface area contributed by atoms with Crippen LogP contribution in [0.3, 0.4) is 0 Å². The Morgan fingerprint density at radius 2 is 2.16 bits per heavy atom. The number of aromatic nitrogens is 1. The largest absolute Gasteiger partial charge is 0.478 e. The number of hydrogen-bond donors (Lipinski definition) is 2. The number of ether oxygens (including phenoxy) is 1. The van der Waals surface area contributed by atoms with Gasteiger partial charge in [-0.05, 0) is 30.7 Å². The Kier molecular flexibility index (Phi) is 3.66. The molecule has 2 rings (SSSR count). The Balaban J connectivity index is 2.33. The first-order valence-electron chi connectivity index (χ1n) is 5.81. The van der Waals surface area contributed by atoms with Crippen molar-refractivity contribution in [1.82, 2.24) is 4.98 Å². The molecule has 98 valence electrons. The average Bonchev–Trinajstić information content (AvgIpc) is 2.79. The molecule has 2 aromatic rings. The van der Waals surface area contributed by atoms with Crippen LogP contribution in [0.4, 0.5) is 0 Å². The van der Waals surface area contributed by atoms with Gasteiger partial charge in [-0.3, -0.25) is 0 Å². The molecule has 5 nitrogen and oxygen atoms in total. The van der Waals surface area contributed by atoms with Gasteiger partial charge < -0.3 is 14.8 Å². The van der Waals surface area contributed by atoms with E-state index in [2.05, 4.69) is 4.98 Å². The summed E-state index contributed by atoms with van der Waals surface area (Å²) >= 11 is 0. The molecule has 19 heavy (non-hydrogen) atoms. The smallest absolute Gasteiger partial charge is 0.354 e. The monoisotopic (exact) mass is 259 g/mol. The van der Waals surface area contributed by atoms with E-state index in [1.165, 1.54) is 6.08 Å². The van der Waals surface area contributed by atoms with Crippen molar-refractivity contribution < 1.29 is 19.4 Å². The van der Waals surface area contributed by atoms with Gasteiger partial charge >= 0.3 is 11.9 Å². The van der Waals surface area contributed by atoms with Crippen molar-refractivity contribution in [3.8, 4) is 0 Å². The topological polar surface area (TPSA) is 79.4 Å². The van der Waals surface area contributed by atoms with Crippen molar-refractivity contribution in [2.75, 3.05) is 6.61 Å². The highest BCUT2D eigenvalue weighted by molar-refractivity contribution is 5.95. The Morgan fingerprint density at radius 3 is 2.84 bits per heavy atom. The summed E-state index contributed by atoms with van der Waals surface area (Å²) in [6.45, 7) is 2.07. The molecule has 0 unspecified atom stereocenters. The molecule has 0 bridgehead atoms. The van der Waals surface area contributed by atoms with E-state index in [9.17, 15) is 9.59 Å². The molecule has 2 N–H and O–H groups in total. The van der Waals surface area contributed by atoms with Crippen LogP contribution in [0.25, 0.3) is 17.0 Å². The maximum absolute atomic E-state index is 11.6. The first kappa shape index (κ1) is 12.9. The van der Waals surface area contributed by atoms with Crippen LogP contribution in [0.2, 0.25) is 0 Å². The van der Waals surface area contributed by atoms with E-state index in [4.69, 9.17) is 9.84 Å². The number of carboxylic acid groups (broad SMARTS) is 1. The van der Waals surface area contributed by atoms with E-state index in [0.717, 1.165) is 22.5 Å². The molecule has 0 spiro atoms. The molecule has 0 aliphatic heterocycles. The summed E-state index contributed by atoms with van der Waals surface area (Å²) in [6.07, 6.45) is 2.56. The van der Waals surface area contributed by atoms with Gasteiger partial charge in [-0.2, -0.15) is 0 Å². The van der Waals surface area contributed by atoms with Crippen LogP contribution < -0.4 is 0 Å². The van der Waals surface area contributed by atoms with Gasteiger partial charge in [0.25, 0.3) is 0 Å². The summed E-state index contributed by atoms with van der Waals surface area (Å²) in [5.41, 5.74) is 1.89. The quantitative estimate of drug-likeness (QED) is 0.653. The maximum atomic E-state index is 11.6. The summed E-state index contributed by atoms with van der Waals surface area (Å²) in [7, 11) is 0. The van der Waals surface area contributed by atoms with E-state index in [1.54, 1.807) is 25.1 Å². The van der Waals surface area contributed by atoms with Gasteiger partial charge in [-0.1, -0.05) is 12.1 Å². The standard InChI is InChI=1S/C14H13NO4/c1-2-19-14(18)12-8-10-5-3-9(4-6-13(16)17)7-11(10)15-12/h3-8,15H,2H2,1H3,(H,16,17). The van der Waals surface area contributed by atoms with Crippen LogP contribution in [-0.2, 0) is 9.53 Å². The number of hydrogen-bond acceptors (Lipinski definition) is 3. The zero-order valence-electron chi connectivity index (χ0n) is 10.3. The number of carbonyl (C=O) groups is 2. The number of fused-ring (bicyclic) bond motifs is 1. The second-order valence-corrected chi connectivity index (χ2v) is 3.92. The van der Waals surface area contributed by atoms with Gasteiger partial charge in [0.1, 0.15) is 5.69 Å². The predicted molar refractivity (Wildman–Crippen MR) is 70.9 cm³/mol. The lowest BCUT2D eigenvalue weighted by Gasteiger charge is -1.96. The van der Waals surface area contributed by atoms with Crippen molar-refractivity contribution in [1.29, 1.82) is 0 Å². The number of aromatic amines is 1. The molecule has 5 heteroatoms. The van der Waals surface area contributed by atoms with Gasteiger partial charge in [0.2, 0.25) is 0 Å². The predicted octanol–water partition coefficient (Wildman–Crippen LogP) is 2.44. The lowest BCUT2D eigenvalue weighted by atomic mass is 10.1. The van der Waals surface area contributed by atoms with Crippen molar-refractivity contribution in [2.45, 2.75) is 6.92 Å². The lowest BCUT2D eigenvalue weighted by Crippen LogP contribution is -2.04. The summed E-state index contributed by atoms with van der Waals surface area (Å²) in [5, 5.41) is 9.44. The highest BCUT2D eigenvalue weighted by atomic mass is 16.5. The van der Waals surface area contributed by atoms with Crippen molar-refractivity contribution >= 4 is 28.9 Å². The lowest BCUT2D eigenvalue weighted by molar-refractivity contribution is -0.131. The fraction of sp³-hybridized carbons (Fsp3) is 0.143. The zero-order chi connectivity index (χ0) is 13.8. The zero-order valence-corrected chi connectivity index (χ0v) is 10.3. The molecule has 0 aliphatic carbocycles. The van der Waals surface area contributed by atoms with E-state index in [0.29, 0.717) is 12.3 Å². The molecular weight excluding hydrogens is 246 g/mol. The van der Waals surface area contributed by atoms with Crippen LogP contribution in [0.5, 0.6) is 0 Å². The fourth-order valence-corrected chi connectivity index (χ4v) is 1.73. The molecule has 0 saturated heterocycles. The summed E-state index contributed by atoms with van der Waals surface area (Å²) in [5.74, 6) is -1.40. The van der Waals surface area contributed by atoms with Crippen molar-refractivity contribution in [3.63, 3.8) is 0 Å². The molecule has 0 radical (unpaired) electrons. The third-order valence-corrected chi connectivity index (χ3v) is 2.56. The highest BCUT2D eigenvalue weighted by Gasteiger charge is 2.09. The Morgan fingerprint density at radius 1 is 1.37 bits per heavy atom. The van der Waals surface area contributed by atoms with Crippen molar-refractivity contribution in [2.24, 2.45) is 0 Å². The summed E-state index contributed by atoms with van der Waals surface area (Å²) < 4.78 is 4.90. The van der Waals surface area contributed by atoms with Gasteiger partial charge in [-0.15, -0.1) is 0 Å². The number of carboxylic acids is 1. The molecule has 1 heterocycles. The normalized spacial score (nSPS) is 11.0. The summed E-state index contributed by atoms with van der Waals surface area (Å²) in [6, 6.07) is 7.08. The van der Waals surface area contributed by atoms with Gasteiger partial charge in [0.05, 0.1) is 6.61 Å². The van der Waals surface area contributed by atoms with Crippen LogP contribution in [0, 0.1) is 0 Å². The molecule has 0 fully saturated rings. The van der Waals surface area contributed by atoms with Crippen LogP contribution in [0.1, 0.15) is 23.0 Å². The molecule has 1 aromatic carbocycles. The third kappa shape index (κ3) is 3.01. The summed E-state index contributed by atoms with van der Waals surface area (Å²) in [4.78, 5) is 25.0. The third-order valence-electron chi connectivity index (χ3n) is 2.56. The molecule has 0 aliphatic rings. The van der Waals surface area contributed by atoms with E-state index in [1.807, 2.05) is 6.07 Å². The van der Waals surface area contributed by atoms with E-state index in [-0.39, 0.29) is 0 Å². The molecular formula is C14H13NO4. The van der Waals surface area contributed by atoms with E-state index >= 15 is 0 Å². The van der Waals surface area contributed by atoms with Crippen molar-refractivity contribution in [3.05, 3.63) is 41.6 Å². The first-order chi connectivity index (χ1) is 9.10. The number of H-pyrrole nitrogens is 1. The van der Waals surface area contributed by atoms with Gasteiger partial charge in [0.15, 0.2) is 0 Å². The average molecular weight is 259 g/mol. The minimum atomic E-state index is -1.00. The number of esters is 1. The number of carbonyl (C=O) groups excluding carboxylic acids is 1. The number of benzene rings is 1.